The fourth-order valence-electron chi connectivity index (χ4n) is 3.07. The molecule has 1 aromatic carbocycles. The fraction of sp³-hybridized carbons (Fsp3) is 0.333. The van der Waals surface area contributed by atoms with Crippen molar-refractivity contribution >= 4 is 29.0 Å². The molecule has 0 bridgehead atoms. The molecule has 0 N–H and O–H groups in total. The molecule has 7 nitrogen and oxygen atoms in total. The van der Waals surface area contributed by atoms with Crippen LogP contribution in [0.3, 0.4) is 0 Å². The summed E-state index contributed by atoms with van der Waals surface area (Å²) in [6.07, 6.45) is 0. The summed E-state index contributed by atoms with van der Waals surface area (Å²) in [5, 5.41) is 10.3. The number of thiazole rings is 1. The van der Waals surface area contributed by atoms with Crippen LogP contribution in [0, 0.1) is 6.92 Å². The summed E-state index contributed by atoms with van der Waals surface area (Å²) in [6.45, 7) is 4.50. The Bertz CT molecular complexity index is 1020. The molecule has 2 aromatic heterocycles. The van der Waals surface area contributed by atoms with E-state index in [4.69, 9.17) is 14.5 Å². The quantitative estimate of drug-likeness (QED) is 0.541. The second kappa shape index (κ2) is 9.55. The number of aryl methyl sites for hydroxylation is 1. The summed E-state index contributed by atoms with van der Waals surface area (Å²) >= 11 is 2.98. The Morgan fingerprint density at radius 2 is 2.07 bits per heavy atom. The van der Waals surface area contributed by atoms with E-state index in [1.54, 1.807) is 18.4 Å². The van der Waals surface area contributed by atoms with Crippen LogP contribution in [0.2, 0.25) is 0 Å². The van der Waals surface area contributed by atoms with Gasteiger partial charge in [0.25, 0.3) is 0 Å². The number of nitrogens with zero attached hydrogens (tertiary/aromatic N) is 4. The van der Waals surface area contributed by atoms with Gasteiger partial charge in [-0.05, 0) is 31.2 Å². The summed E-state index contributed by atoms with van der Waals surface area (Å²) in [5.74, 6) is 1.26. The predicted octanol–water partition coefficient (Wildman–Crippen LogP) is 3.54. The van der Waals surface area contributed by atoms with Crippen LogP contribution in [0.4, 0.5) is 0 Å². The zero-order valence-electron chi connectivity index (χ0n) is 16.8. The molecule has 0 atom stereocenters. The van der Waals surface area contributed by atoms with Gasteiger partial charge >= 0.3 is 0 Å². The van der Waals surface area contributed by atoms with Crippen LogP contribution in [0.5, 0.6) is 5.75 Å². The number of thioether (sulfide) groups is 1. The normalized spacial score (nSPS) is 14.0. The maximum atomic E-state index is 12.3. The van der Waals surface area contributed by atoms with Gasteiger partial charge in [0, 0.05) is 18.7 Å². The highest BCUT2D eigenvalue weighted by atomic mass is 32.2. The highest BCUT2D eigenvalue weighted by Gasteiger charge is 2.18. The third-order valence-corrected chi connectivity index (χ3v) is 6.83. The molecule has 0 aliphatic carbocycles. The summed E-state index contributed by atoms with van der Waals surface area (Å²) < 4.78 is 10.6. The molecule has 9 heteroatoms. The van der Waals surface area contributed by atoms with E-state index in [0.717, 1.165) is 37.6 Å². The van der Waals surface area contributed by atoms with Gasteiger partial charge in [-0.15, -0.1) is 21.5 Å². The van der Waals surface area contributed by atoms with E-state index in [1.165, 1.54) is 11.8 Å². The SMILES string of the molecule is COc1cccc(-c2nc(C)c(-c3ccc(SCC(=O)N4CCOCC4)nn3)s2)c1. The third kappa shape index (κ3) is 4.80. The second-order valence-electron chi connectivity index (χ2n) is 6.70. The summed E-state index contributed by atoms with van der Waals surface area (Å²) in [4.78, 5) is 19.8. The first kappa shape index (κ1) is 20.8. The Balaban J connectivity index is 1.43. The van der Waals surface area contributed by atoms with Crippen LogP contribution < -0.4 is 4.74 Å². The van der Waals surface area contributed by atoms with Gasteiger partial charge in [-0.25, -0.2) is 4.98 Å². The van der Waals surface area contributed by atoms with Gasteiger partial charge < -0.3 is 14.4 Å². The second-order valence-corrected chi connectivity index (χ2v) is 8.70. The van der Waals surface area contributed by atoms with Gasteiger partial charge in [-0.2, -0.15) is 0 Å². The Morgan fingerprint density at radius 3 is 2.80 bits per heavy atom. The van der Waals surface area contributed by atoms with E-state index < -0.39 is 0 Å². The van der Waals surface area contributed by atoms with Gasteiger partial charge in [0.2, 0.25) is 5.91 Å². The van der Waals surface area contributed by atoms with E-state index in [1.807, 2.05) is 48.2 Å². The first-order valence-electron chi connectivity index (χ1n) is 9.58. The number of aromatic nitrogens is 3. The molecule has 4 rings (SSSR count). The van der Waals surface area contributed by atoms with Crippen molar-refractivity contribution in [2.45, 2.75) is 11.9 Å². The lowest BCUT2D eigenvalue weighted by molar-refractivity contribution is -0.132. The summed E-state index contributed by atoms with van der Waals surface area (Å²) in [6, 6.07) is 11.7. The molecule has 3 heterocycles. The lowest BCUT2D eigenvalue weighted by Gasteiger charge is -2.26. The van der Waals surface area contributed by atoms with Crippen LogP contribution in [0.1, 0.15) is 5.69 Å². The predicted molar refractivity (Wildman–Crippen MR) is 118 cm³/mol. The lowest BCUT2D eigenvalue weighted by atomic mass is 10.2. The molecule has 156 valence electrons. The molecule has 1 aliphatic rings. The van der Waals surface area contributed by atoms with Crippen molar-refractivity contribution in [2.75, 3.05) is 39.2 Å². The Hall–Kier alpha value is -2.49. The van der Waals surface area contributed by atoms with Crippen molar-refractivity contribution in [2.24, 2.45) is 0 Å². The lowest BCUT2D eigenvalue weighted by Crippen LogP contribution is -2.41. The van der Waals surface area contributed by atoms with Crippen molar-refractivity contribution in [3.63, 3.8) is 0 Å². The summed E-state index contributed by atoms with van der Waals surface area (Å²) in [7, 11) is 1.65. The Labute approximate surface area is 183 Å². The molecular formula is C21H22N4O3S2. The minimum absolute atomic E-state index is 0.107. The van der Waals surface area contributed by atoms with Crippen molar-refractivity contribution in [1.29, 1.82) is 0 Å². The van der Waals surface area contributed by atoms with E-state index in [-0.39, 0.29) is 5.91 Å². The number of benzene rings is 1. The van der Waals surface area contributed by atoms with Gasteiger partial charge in [0.15, 0.2) is 0 Å². The molecule has 1 aliphatic heterocycles. The zero-order valence-corrected chi connectivity index (χ0v) is 18.5. The molecule has 1 fully saturated rings. The number of amides is 1. The number of hydrogen-bond donors (Lipinski definition) is 0. The molecule has 0 unspecified atom stereocenters. The van der Waals surface area contributed by atoms with Gasteiger partial charge in [-0.3, -0.25) is 4.79 Å². The van der Waals surface area contributed by atoms with Crippen molar-refractivity contribution in [3.8, 4) is 26.9 Å². The number of ether oxygens (including phenoxy) is 2. The number of morpholine rings is 1. The minimum atomic E-state index is 0.107. The van der Waals surface area contributed by atoms with Gasteiger partial charge in [0.1, 0.15) is 21.5 Å². The van der Waals surface area contributed by atoms with E-state index >= 15 is 0 Å². The topological polar surface area (TPSA) is 77.4 Å². The van der Waals surface area contributed by atoms with Crippen LogP contribution in [-0.4, -0.2) is 65.2 Å². The van der Waals surface area contributed by atoms with Crippen LogP contribution >= 0.6 is 23.1 Å². The van der Waals surface area contributed by atoms with Crippen molar-refractivity contribution in [3.05, 3.63) is 42.1 Å². The zero-order chi connectivity index (χ0) is 20.9. The van der Waals surface area contributed by atoms with Crippen LogP contribution in [-0.2, 0) is 9.53 Å². The Kier molecular flexibility index (Phi) is 6.61. The first-order valence-corrected chi connectivity index (χ1v) is 11.4. The average molecular weight is 443 g/mol. The van der Waals surface area contributed by atoms with E-state index in [0.29, 0.717) is 32.1 Å². The van der Waals surface area contributed by atoms with E-state index in [2.05, 4.69) is 10.2 Å². The van der Waals surface area contributed by atoms with Gasteiger partial charge in [0.05, 0.1) is 36.6 Å². The first-order chi connectivity index (χ1) is 14.6. The van der Waals surface area contributed by atoms with Crippen molar-refractivity contribution < 1.29 is 14.3 Å². The highest BCUT2D eigenvalue weighted by molar-refractivity contribution is 7.99. The van der Waals surface area contributed by atoms with Crippen LogP contribution in [0.25, 0.3) is 21.1 Å². The Morgan fingerprint density at radius 1 is 1.23 bits per heavy atom. The monoisotopic (exact) mass is 442 g/mol. The number of carbonyl (C=O) groups is 1. The number of hydrogen-bond acceptors (Lipinski definition) is 8. The maximum Gasteiger partial charge on any atom is 0.233 e. The standard InChI is InChI=1S/C21H22N4O3S2/c1-14-20(30-21(22-14)15-4-3-5-16(12-15)27-2)17-6-7-18(24-23-17)29-13-19(26)25-8-10-28-11-9-25/h3-7,12H,8-11,13H2,1-2H3. The molecular weight excluding hydrogens is 420 g/mol. The number of rotatable bonds is 6. The average Bonchev–Trinajstić information content (AvgIpc) is 3.20. The largest absolute Gasteiger partial charge is 0.497 e. The highest BCUT2D eigenvalue weighted by Crippen LogP contribution is 2.35. The third-order valence-electron chi connectivity index (χ3n) is 4.69. The molecule has 30 heavy (non-hydrogen) atoms. The maximum absolute atomic E-state index is 12.3. The van der Waals surface area contributed by atoms with Crippen LogP contribution in [0.15, 0.2) is 41.4 Å². The molecule has 0 spiro atoms. The molecule has 0 saturated carbocycles. The molecule has 0 radical (unpaired) electrons. The molecule has 1 amide bonds. The summed E-state index contributed by atoms with van der Waals surface area (Å²) in [5.41, 5.74) is 2.70. The minimum Gasteiger partial charge on any atom is -0.497 e. The molecule has 3 aromatic rings. The number of carbonyl (C=O) groups excluding carboxylic acids is 1. The smallest absolute Gasteiger partial charge is 0.233 e. The van der Waals surface area contributed by atoms with Gasteiger partial charge in [-0.1, -0.05) is 23.9 Å². The molecule has 1 saturated heterocycles. The van der Waals surface area contributed by atoms with E-state index in [9.17, 15) is 4.79 Å². The van der Waals surface area contributed by atoms with Crippen molar-refractivity contribution in [1.82, 2.24) is 20.1 Å². The fourth-order valence-corrected chi connectivity index (χ4v) is 4.82. The number of methoxy groups -OCH3 is 1.